The van der Waals surface area contributed by atoms with Crippen LogP contribution in [0.15, 0.2) is 48.5 Å². The van der Waals surface area contributed by atoms with Crippen LogP contribution in [-0.2, 0) is 6.42 Å². The minimum absolute atomic E-state index is 0.152. The number of hydrogen-bond donors (Lipinski definition) is 4. The van der Waals surface area contributed by atoms with Crippen LogP contribution in [0.1, 0.15) is 34.6 Å². The predicted octanol–water partition coefficient (Wildman–Crippen LogP) is 3.77. The van der Waals surface area contributed by atoms with Crippen LogP contribution in [-0.4, -0.2) is 33.8 Å². The molecule has 1 aromatic heterocycles. The molecule has 3 aromatic rings. The fraction of sp³-hybridized carbons (Fsp3) is 0.250. The maximum absolute atomic E-state index is 11.0. The maximum atomic E-state index is 11.0. The second kappa shape index (κ2) is 7.91. The molecule has 4 N–H and O–H groups in total. The number of fused-ring (bicyclic) bond motifs is 1. The summed E-state index contributed by atoms with van der Waals surface area (Å²) in [5.41, 5.74) is 2.88. The Balaban J connectivity index is 1.59. The van der Waals surface area contributed by atoms with E-state index in [2.05, 4.69) is 17.2 Å². The fourth-order valence-corrected chi connectivity index (χ4v) is 3.19. The fourth-order valence-electron chi connectivity index (χ4n) is 2.99. The predicted molar refractivity (Wildman–Crippen MR) is 103 cm³/mol. The van der Waals surface area contributed by atoms with Crippen LogP contribution >= 0.6 is 11.6 Å². The lowest BCUT2D eigenvalue weighted by molar-refractivity contribution is 0.0691. The highest BCUT2D eigenvalue weighted by molar-refractivity contribution is 6.30. The van der Waals surface area contributed by atoms with Gasteiger partial charge in [0.15, 0.2) is 0 Å². The number of aromatic amines is 1. The number of carboxylic acids is 1. The van der Waals surface area contributed by atoms with E-state index in [1.807, 2.05) is 30.3 Å². The standard InChI is InChI=1S/C20H21ClN2O3/c1-12(22-11-19(24)14-3-2-4-16(21)9-14)7-13-5-6-17-15(8-13)10-18(23-17)20(25)26/h2-6,8-10,12,19,22-24H,7,11H2,1H3,(H,25,26). The molecule has 3 rings (SSSR count). The third-order valence-electron chi connectivity index (χ3n) is 4.35. The number of aromatic carboxylic acids is 1. The minimum Gasteiger partial charge on any atom is -0.477 e. The number of H-pyrrole nitrogens is 1. The van der Waals surface area contributed by atoms with E-state index in [1.54, 1.807) is 18.2 Å². The number of hydrogen-bond acceptors (Lipinski definition) is 3. The van der Waals surface area contributed by atoms with Crippen molar-refractivity contribution in [3.8, 4) is 0 Å². The molecule has 6 heteroatoms. The van der Waals surface area contributed by atoms with Crippen molar-refractivity contribution in [3.05, 3.63) is 70.4 Å². The Kier molecular flexibility index (Phi) is 5.61. The Labute approximate surface area is 156 Å². The smallest absolute Gasteiger partial charge is 0.352 e. The van der Waals surface area contributed by atoms with Crippen molar-refractivity contribution in [2.24, 2.45) is 0 Å². The van der Waals surface area contributed by atoms with E-state index in [-0.39, 0.29) is 11.7 Å². The Hall–Kier alpha value is -2.34. The number of carbonyl (C=O) groups is 1. The number of aromatic nitrogens is 1. The van der Waals surface area contributed by atoms with Crippen molar-refractivity contribution >= 4 is 28.5 Å². The van der Waals surface area contributed by atoms with Crippen LogP contribution in [0.2, 0.25) is 5.02 Å². The SMILES string of the molecule is CC(Cc1ccc2[nH]c(C(=O)O)cc2c1)NCC(O)c1cccc(Cl)c1. The molecule has 2 atom stereocenters. The molecule has 0 bridgehead atoms. The van der Waals surface area contributed by atoms with Crippen LogP contribution in [0.25, 0.3) is 10.9 Å². The van der Waals surface area contributed by atoms with E-state index in [9.17, 15) is 9.90 Å². The second-order valence-corrected chi connectivity index (χ2v) is 6.93. The van der Waals surface area contributed by atoms with Crippen LogP contribution < -0.4 is 5.32 Å². The molecule has 0 aliphatic rings. The molecule has 0 aliphatic carbocycles. The van der Waals surface area contributed by atoms with E-state index >= 15 is 0 Å². The second-order valence-electron chi connectivity index (χ2n) is 6.49. The summed E-state index contributed by atoms with van der Waals surface area (Å²) < 4.78 is 0. The summed E-state index contributed by atoms with van der Waals surface area (Å²) in [6.45, 7) is 2.48. The first-order valence-electron chi connectivity index (χ1n) is 8.44. The van der Waals surface area contributed by atoms with Crippen LogP contribution in [0.5, 0.6) is 0 Å². The molecule has 0 spiro atoms. The van der Waals surface area contributed by atoms with Crippen LogP contribution in [0.3, 0.4) is 0 Å². The van der Waals surface area contributed by atoms with E-state index in [0.717, 1.165) is 28.5 Å². The van der Waals surface area contributed by atoms with Gasteiger partial charge in [-0.1, -0.05) is 29.8 Å². The van der Waals surface area contributed by atoms with E-state index < -0.39 is 12.1 Å². The average Bonchev–Trinajstić information content (AvgIpc) is 3.03. The van der Waals surface area contributed by atoms with Crippen molar-refractivity contribution in [2.45, 2.75) is 25.5 Å². The molecule has 0 fully saturated rings. The molecular weight excluding hydrogens is 352 g/mol. The molecule has 26 heavy (non-hydrogen) atoms. The van der Waals surface area contributed by atoms with Gasteiger partial charge in [-0.3, -0.25) is 0 Å². The van der Waals surface area contributed by atoms with Gasteiger partial charge < -0.3 is 20.5 Å². The lowest BCUT2D eigenvalue weighted by Gasteiger charge is -2.18. The Morgan fingerprint density at radius 3 is 2.77 bits per heavy atom. The molecule has 5 nitrogen and oxygen atoms in total. The van der Waals surface area contributed by atoms with Gasteiger partial charge in [-0.15, -0.1) is 0 Å². The number of halogens is 1. The van der Waals surface area contributed by atoms with Gasteiger partial charge >= 0.3 is 5.97 Å². The molecule has 0 aliphatic heterocycles. The zero-order valence-corrected chi connectivity index (χ0v) is 15.1. The summed E-state index contributed by atoms with van der Waals surface area (Å²) in [5, 5.41) is 24.1. The molecule has 0 radical (unpaired) electrons. The third kappa shape index (κ3) is 4.43. The molecular formula is C20H21ClN2O3. The summed E-state index contributed by atoms with van der Waals surface area (Å²) in [7, 11) is 0. The van der Waals surface area contributed by atoms with Crippen molar-refractivity contribution in [2.75, 3.05) is 6.54 Å². The molecule has 2 unspecified atom stereocenters. The molecule has 0 amide bonds. The zero-order chi connectivity index (χ0) is 18.7. The van der Waals surface area contributed by atoms with Gasteiger partial charge in [-0.05, 0) is 54.8 Å². The zero-order valence-electron chi connectivity index (χ0n) is 14.4. The normalized spacial score (nSPS) is 13.7. The van der Waals surface area contributed by atoms with Crippen molar-refractivity contribution < 1.29 is 15.0 Å². The van der Waals surface area contributed by atoms with Crippen molar-refractivity contribution in [1.29, 1.82) is 0 Å². The third-order valence-corrected chi connectivity index (χ3v) is 4.59. The molecule has 136 valence electrons. The first-order chi connectivity index (χ1) is 12.4. The Morgan fingerprint density at radius 1 is 1.23 bits per heavy atom. The van der Waals surface area contributed by atoms with Gasteiger partial charge in [-0.2, -0.15) is 0 Å². The number of carboxylic acid groups (broad SMARTS) is 1. The Morgan fingerprint density at radius 2 is 2.04 bits per heavy atom. The first-order valence-corrected chi connectivity index (χ1v) is 8.82. The van der Waals surface area contributed by atoms with Gasteiger partial charge in [0.1, 0.15) is 5.69 Å². The van der Waals surface area contributed by atoms with Gasteiger partial charge in [0.25, 0.3) is 0 Å². The molecule has 0 saturated heterocycles. The quantitative estimate of drug-likeness (QED) is 0.508. The number of benzene rings is 2. The lowest BCUT2D eigenvalue weighted by Crippen LogP contribution is -2.32. The molecule has 0 saturated carbocycles. The number of nitrogens with one attached hydrogen (secondary N) is 2. The van der Waals surface area contributed by atoms with Gasteiger partial charge in [0.2, 0.25) is 0 Å². The van der Waals surface area contributed by atoms with Gasteiger partial charge in [0, 0.05) is 28.5 Å². The van der Waals surface area contributed by atoms with Gasteiger partial charge in [0.05, 0.1) is 6.10 Å². The lowest BCUT2D eigenvalue weighted by atomic mass is 10.0. The topological polar surface area (TPSA) is 85.4 Å². The minimum atomic E-state index is -0.965. The number of aliphatic hydroxyl groups excluding tert-OH is 1. The highest BCUT2D eigenvalue weighted by atomic mass is 35.5. The largest absolute Gasteiger partial charge is 0.477 e. The summed E-state index contributed by atoms with van der Waals surface area (Å²) in [4.78, 5) is 13.9. The van der Waals surface area contributed by atoms with Crippen molar-refractivity contribution in [3.63, 3.8) is 0 Å². The Bertz CT molecular complexity index is 922. The highest BCUT2D eigenvalue weighted by Crippen LogP contribution is 2.19. The molecule has 1 heterocycles. The van der Waals surface area contributed by atoms with Crippen LogP contribution in [0.4, 0.5) is 0 Å². The van der Waals surface area contributed by atoms with E-state index in [0.29, 0.717) is 11.6 Å². The van der Waals surface area contributed by atoms with Crippen LogP contribution in [0, 0.1) is 0 Å². The molecule has 2 aromatic carbocycles. The maximum Gasteiger partial charge on any atom is 0.352 e. The average molecular weight is 373 g/mol. The monoisotopic (exact) mass is 372 g/mol. The number of rotatable bonds is 7. The van der Waals surface area contributed by atoms with Crippen molar-refractivity contribution in [1.82, 2.24) is 10.3 Å². The summed E-state index contributed by atoms with van der Waals surface area (Å²) in [5.74, 6) is -0.965. The summed E-state index contributed by atoms with van der Waals surface area (Å²) in [6.07, 6.45) is 0.146. The van der Waals surface area contributed by atoms with Gasteiger partial charge in [-0.25, -0.2) is 4.79 Å². The van der Waals surface area contributed by atoms with E-state index in [1.165, 1.54) is 0 Å². The number of aliphatic hydroxyl groups is 1. The summed E-state index contributed by atoms with van der Waals surface area (Å²) >= 11 is 5.96. The van der Waals surface area contributed by atoms with E-state index in [4.69, 9.17) is 16.7 Å². The summed E-state index contributed by atoms with van der Waals surface area (Å²) in [6, 6.07) is 14.9. The first kappa shape index (κ1) is 18.5. The highest BCUT2D eigenvalue weighted by Gasteiger charge is 2.12.